The third kappa shape index (κ3) is 5.39. The lowest BCUT2D eigenvalue weighted by molar-refractivity contribution is -0.145. The van der Waals surface area contributed by atoms with E-state index >= 15 is 0 Å². The van der Waals surface area contributed by atoms with E-state index in [1.54, 1.807) is 12.1 Å². The number of phenols is 1. The molecule has 0 saturated carbocycles. The molecule has 31 heavy (non-hydrogen) atoms. The number of benzene rings is 3. The van der Waals surface area contributed by atoms with Crippen molar-refractivity contribution in [2.24, 2.45) is 0 Å². The minimum Gasteiger partial charge on any atom is -0.508 e. The van der Waals surface area contributed by atoms with Crippen molar-refractivity contribution in [3.8, 4) is 11.5 Å². The van der Waals surface area contributed by atoms with Crippen molar-refractivity contribution in [1.82, 2.24) is 4.31 Å². The molecule has 2 N–H and O–H groups in total. The Balaban J connectivity index is 1.72. The molecule has 0 bridgehead atoms. The number of sulfonamides is 1. The number of halogens is 1. The predicted molar refractivity (Wildman–Crippen MR) is 111 cm³/mol. The highest BCUT2D eigenvalue weighted by molar-refractivity contribution is 7.89. The lowest BCUT2D eigenvalue weighted by Crippen LogP contribution is -2.26. The van der Waals surface area contributed by atoms with Crippen LogP contribution in [0.15, 0.2) is 77.7 Å². The number of carbonyl (C=O) groups is 1. The van der Waals surface area contributed by atoms with Crippen molar-refractivity contribution < 1.29 is 32.6 Å². The second kappa shape index (κ2) is 9.15. The molecule has 162 valence electrons. The van der Waals surface area contributed by atoms with Gasteiger partial charge in [0.2, 0.25) is 16.1 Å². The molecule has 7 nitrogen and oxygen atoms in total. The van der Waals surface area contributed by atoms with E-state index in [9.17, 15) is 27.8 Å². The van der Waals surface area contributed by atoms with Crippen molar-refractivity contribution in [1.29, 1.82) is 0 Å². The fourth-order valence-corrected chi connectivity index (χ4v) is 4.05. The Morgan fingerprint density at radius 1 is 1.06 bits per heavy atom. The number of carboxylic acids is 1. The zero-order chi connectivity index (χ0) is 22.6. The minimum atomic E-state index is -3.80. The lowest BCUT2D eigenvalue weighted by atomic mass is 10.1. The van der Waals surface area contributed by atoms with Crippen LogP contribution in [-0.4, -0.2) is 36.0 Å². The number of ether oxygens (including phenoxy) is 1. The maximum Gasteiger partial charge on any atom is 0.349 e. The van der Waals surface area contributed by atoms with Crippen molar-refractivity contribution in [3.05, 3.63) is 89.7 Å². The van der Waals surface area contributed by atoms with Crippen LogP contribution >= 0.6 is 0 Å². The molecule has 0 aliphatic rings. The number of hydrogen-bond acceptors (Lipinski definition) is 5. The van der Waals surface area contributed by atoms with E-state index in [2.05, 4.69) is 0 Å². The van der Waals surface area contributed by atoms with E-state index in [0.717, 1.165) is 16.4 Å². The van der Waals surface area contributed by atoms with Crippen molar-refractivity contribution >= 4 is 16.0 Å². The highest BCUT2D eigenvalue weighted by Crippen LogP contribution is 2.26. The minimum absolute atomic E-state index is 0.0215. The van der Waals surface area contributed by atoms with Gasteiger partial charge in [-0.25, -0.2) is 17.6 Å². The number of aromatic hydroxyl groups is 1. The fourth-order valence-electron chi connectivity index (χ4n) is 2.89. The second-order valence-corrected chi connectivity index (χ2v) is 8.83. The van der Waals surface area contributed by atoms with Gasteiger partial charge in [-0.3, -0.25) is 0 Å². The summed E-state index contributed by atoms with van der Waals surface area (Å²) < 4.78 is 45.0. The topological polar surface area (TPSA) is 104 Å². The first-order valence-electron chi connectivity index (χ1n) is 9.16. The molecule has 9 heteroatoms. The van der Waals surface area contributed by atoms with E-state index in [1.165, 1.54) is 55.6 Å². The van der Waals surface area contributed by atoms with Crippen LogP contribution in [-0.2, 0) is 21.4 Å². The Kier molecular flexibility index (Phi) is 6.57. The second-order valence-electron chi connectivity index (χ2n) is 6.79. The number of aliphatic carboxylic acids is 1. The SMILES string of the molecule is CN(Cc1ccc(OC(C(=O)O)c2cccc(O)c2)cc1)S(=O)(=O)c1ccc(F)cc1. The largest absolute Gasteiger partial charge is 0.508 e. The highest BCUT2D eigenvalue weighted by Gasteiger charge is 2.23. The van der Waals surface area contributed by atoms with Crippen LogP contribution in [0, 0.1) is 5.82 Å². The molecule has 0 saturated heterocycles. The van der Waals surface area contributed by atoms with E-state index in [4.69, 9.17) is 4.74 Å². The standard InChI is InChI=1S/C22H20FNO6S/c1-24(31(28,29)20-11-7-17(23)8-12-20)14-15-5-9-19(10-6-15)30-21(22(26)27)16-3-2-4-18(25)13-16/h2-13,21,25H,14H2,1H3,(H,26,27). The molecule has 0 amide bonds. The van der Waals surface area contributed by atoms with Gasteiger partial charge in [-0.1, -0.05) is 24.3 Å². The predicted octanol–water partition coefficient (Wildman–Crippen LogP) is 3.56. The average Bonchev–Trinajstić information content (AvgIpc) is 2.73. The molecule has 0 aliphatic carbocycles. The van der Waals surface area contributed by atoms with E-state index in [0.29, 0.717) is 5.56 Å². The summed E-state index contributed by atoms with van der Waals surface area (Å²) in [5.41, 5.74) is 0.923. The van der Waals surface area contributed by atoms with Crippen LogP contribution in [0.4, 0.5) is 4.39 Å². The molecule has 3 aromatic rings. The molecule has 0 radical (unpaired) electrons. The Morgan fingerprint density at radius 3 is 2.29 bits per heavy atom. The van der Waals surface area contributed by atoms with Gasteiger partial charge >= 0.3 is 5.97 Å². The molecular weight excluding hydrogens is 425 g/mol. The van der Waals surface area contributed by atoms with E-state index in [-0.39, 0.29) is 28.5 Å². The van der Waals surface area contributed by atoms with Gasteiger partial charge in [0.15, 0.2) is 0 Å². The summed E-state index contributed by atoms with van der Waals surface area (Å²) in [6, 6.07) is 16.6. The van der Waals surface area contributed by atoms with Crippen LogP contribution in [0.5, 0.6) is 11.5 Å². The van der Waals surface area contributed by atoms with Crippen LogP contribution in [0.25, 0.3) is 0 Å². The summed E-state index contributed by atoms with van der Waals surface area (Å²) in [5, 5.41) is 19.0. The Labute approximate surface area is 179 Å². The molecule has 0 heterocycles. The molecular formula is C22H20FNO6S. The molecule has 0 aliphatic heterocycles. The maximum absolute atomic E-state index is 13.1. The number of phenolic OH excluding ortho intramolecular Hbond substituents is 1. The third-order valence-electron chi connectivity index (χ3n) is 4.50. The fraction of sp³-hybridized carbons (Fsp3) is 0.136. The monoisotopic (exact) mass is 445 g/mol. The quantitative estimate of drug-likeness (QED) is 0.550. The molecule has 1 atom stereocenters. The Morgan fingerprint density at radius 2 is 1.71 bits per heavy atom. The van der Waals surface area contributed by atoms with Gasteiger partial charge in [-0.05, 0) is 54.1 Å². The van der Waals surface area contributed by atoms with Crippen LogP contribution in [0.2, 0.25) is 0 Å². The zero-order valence-electron chi connectivity index (χ0n) is 16.5. The average molecular weight is 445 g/mol. The van der Waals surface area contributed by atoms with Crippen molar-refractivity contribution in [2.75, 3.05) is 7.05 Å². The normalized spacial score (nSPS) is 12.5. The number of hydrogen-bond donors (Lipinski definition) is 2. The molecule has 3 rings (SSSR count). The molecule has 0 fully saturated rings. The van der Waals surface area contributed by atoms with Crippen molar-refractivity contribution in [2.45, 2.75) is 17.5 Å². The summed E-state index contributed by atoms with van der Waals surface area (Å²) in [5.74, 6) is -1.56. The molecule has 3 aromatic carbocycles. The molecule has 0 aromatic heterocycles. The highest BCUT2D eigenvalue weighted by atomic mass is 32.2. The number of carboxylic acid groups (broad SMARTS) is 1. The zero-order valence-corrected chi connectivity index (χ0v) is 17.3. The van der Waals surface area contributed by atoms with Crippen molar-refractivity contribution in [3.63, 3.8) is 0 Å². The van der Waals surface area contributed by atoms with E-state index < -0.39 is 27.9 Å². The third-order valence-corrected chi connectivity index (χ3v) is 6.32. The van der Waals surface area contributed by atoms with Gasteiger partial charge in [-0.15, -0.1) is 0 Å². The van der Waals surface area contributed by atoms with E-state index in [1.807, 2.05) is 0 Å². The summed E-state index contributed by atoms with van der Waals surface area (Å²) >= 11 is 0. The van der Waals surface area contributed by atoms with Crippen LogP contribution in [0.1, 0.15) is 17.2 Å². The number of nitrogens with zero attached hydrogens (tertiary/aromatic N) is 1. The first kappa shape index (κ1) is 22.3. The first-order chi connectivity index (χ1) is 14.7. The van der Waals surface area contributed by atoms with Gasteiger partial charge in [0.05, 0.1) is 4.90 Å². The van der Waals surface area contributed by atoms with Gasteiger partial charge in [-0.2, -0.15) is 4.31 Å². The van der Waals surface area contributed by atoms with Gasteiger partial charge < -0.3 is 14.9 Å². The lowest BCUT2D eigenvalue weighted by Gasteiger charge is -2.18. The van der Waals surface area contributed by atoms with Gasteiger partial charge in [0.1, 0.15) is 17.3 Å². The maximum atomic E-state index is 13.1. The van der Waals surface area contributed by atoms with Gasteiger partial charge in [0, 0.05) is 19.2 Å². The van der Waals surface area contributed by atoms with Gasteiger partial charge in [0.25, 0.3) is 0 Å². The van der Waals surface area contributed by atoms with Crippen LogP contribution in [0.3, 0.4) is 0 Å². The summed E-state index contributed by atoms with van der Waals surface area (Å²) in [7, 11) is -2.39. The van der Waals surface area contributed by atoms with Crippen LogP contribution < -0.4 is 4.74 Å². The summed E-state index contributed by atoms with van der Waals surface area (Å²) in [4.78, 5) is 11.6. The Hall–Kier alpha value is -3.43. The molecule has 0 spiro atoms. The number of rotatable bonds is 8. The molecule has 1 unspecified atom stereocenters. The smallest absolute Gasteiger partial charge is 0.349 e. The summed E-state index contributed by atoms with van der Waals surface area (Å²) in [6.07, 6.45) is -1.32. The first-order valence-corrected chi connectivity index (χ1v) is 10.6. The Bertz CT molecular complexity index is 1160. The summed E-state index contributed by atoms with van der Waals surface area (Å²) in [6.45, 7) is 0.0505.